The summed E-state index contributed by atoms with van der Waals surface area (Å²) in [7, 11) is 0. The molecule has 1 fully saturated rings. The Balaban J connectivity index is 2.20. The monoisotopic (exact) mass is 594 g/mol. The van der Waals surface area contributed by atoms with Crippen molar-refractivity contribution in [1.29, 1.82) is 0 Å². The van der Waals surface area contributed by atoms with Gasteiger partial charge in [0, 0.05) is 37.8 Å². The van der Waals surface area contributed by atoms with E-state index >= 15 is 0 Å². The Kier molecular flexibility index (Phi) is 13.2. The number of carbonyl (C=O) groups is 6. The first-order chi connectivity index (χ1) is 19.9. The number of aromatic amines is 1. The molecule has 2 rings (SSSR count). The lowest BCUT2D eigenvalue weighted by Crippen LogP contribution is -2.58. The van der Waals surface area contributed by atoms with Crippen LogP contribution in [0.25, 0.3) is 0 Å². The number of H-pyrrole nitrogens is 1. The molecule has 1 aromatic rings. The van der Waals surface area contributed by atoms with Crippen LogP contribution in [0, 0.1) is 0 Å². The summed E-state index contributed by atoms with van der Waals surface area (Å²) >= 11 is 0. The van der Waals surface area contributed by atoms with E-state index < -0.39 is 72.7 Å². The van der Waals surface area contributed by atoms with Gasteiger partial charge < -0.3 is 53.2 Å². The van der Waals surface area contributed by atoms with Crippen LogP contribution in [0.4, 0.5) is 0 Å². The standard InChI is InChI=1S/C24H38N10O8/c25-10-18(35)31-14(5-6-19(36)37)20(38)33-16(9-13-11-28-12-30-13)22(40)34-8-2-4-17(34)21(39)32-15(23(41)42)3-1-7-29-24(26)27/h11-12,14-17H,1-10,25H2,(H,28,30)(H,31,35)(H,32,39)(H,33,38)(H,36,37)(H,41,42)(H4,26,27,29)/t14-,15-,16-,17-/m0/s1. The minimum absolute atomic E-state index is 0.0449. The second kappa shape index (κ2) is 16.5. The first-order valence-electron chi connectivity index (χ1n) is 13.3. The molecule has 12 N–H and O–H groups in total. The summed E-state index contributed by atoms with van der Waals surface area (Å²) < 4.78 is 0. The number of nitrogens with two attached hydrogens (primary N) is 3. The first-order valence-corrected chi connectivity index (χ1v) is 13.3. The number of aliphatic carboxylic acids is 2. The zero-order chi connectivity index (χ0) is 31.2. The van der Waals surface area contributed by atoms with Gasteiger partial charge in [0.25, 0.3) is 0 Å². The normalized spacial score (nSPS) is 16.5. The third kappa shape index (κ3) is 10.7. The Morgan fingerprint density at radius 2 is 1.81 bits per heavy atom. The van der Waals surface area contributed by atoms with Gasteiger partial charge in [0.05, 0.1) is 12.9 Å². The summed E-state index contributed by atoms with van der Waals surface area (Å²) in [6, 6.07) is -4.77. The van der Waals surface area contributed by atoms with E-state index in [9.17, 15) is 33.9 Å². The van der Waals surface area contributed by atoms with Crippen LogP contribution in [-0.4, -0.2) is 110 Å². The quantitative estimate of drug-likeness (QED) is 0.0479. The molecule has 1 aromatic heterocycles. The molecule has 4 atom stereocenters. The van der Waals surface area contributed by atoms with Gasteiger partial charge in [0.2, 0.25) is 23.6 Å². The van der Waals surface area contributed by atoms with Crippen molar-refractivity contribution >= 4 is 41.5 Å². The van der Waals surface area contributed by atoms with Crippen molar-refractivity contribution in [3.05, 3.63) is 18.2 Å². The van der Waals surface area contributed by atoms with Crippen molar-refractivity contribution in [2.24, 2.45) is 22.2 Å². The minimum atomic E-state index is -1.29. The number of nitrogens with one attached hydrogen (secondary N) is 4. The van der Waals surface area contributed by atoms with Crippen molar-refractivity contribution in [3.63, 3.8) is 0 Å². The number of carboxylic acid groups (broad SMARTS) is 2. The van der Waals surface area contributed by atoms with Gasteiger partial charge in [-0.25, -0.2) is 9.78 Å². The van der Waals surface area contributed by atoms with Crippen molar-refractivity contribution in [2.75, 3.05) is 19.6 Å². The van der Waals surface area contributed by atoms with Crippen molar-refractivity contribution in [1.82, 2.24) is 30.8 Å². The van der Waals surface area contributed by atoms with Crippen LogP contribution in [0.1, 0.15) is 44.2 Å². The van der Waals surface area contributed by atoms with Crippen LogP contribution in [-0.2, 0) is 35.2 Å². The van der Waals surface area contributed by atoms with Gasteiger partial charge in [-0.3, -0.25) is 29.0 Å². The third-order valence-electron chi connectivity index (χ3n) is 6.48. The predicted molar refractivity (Wildman–Crippen MR) is 146 cm³/mol. The van der Waals surface area contributed by atoms with Crippen molar-refractivity contribution < 1.29 is 39.0 Å². The molecule has 0 bridgehead atoms. The molecule has 1 aliphatic rings. The van der Waals surface area contributed by atoms with Crippen LogP contribution in [0.2, 0.25) is 0 Å². The van der Waals surface area contributed by atoms with E-state index in [2.05, 4.69) is 30.9 Å². The second-order valence-corrected chi connectivity index (χ2v) is 9.64. The lowest BCUT2D eigenvalue weighted by Gasteiger charge is -2.30. The number of imidazole rings is 1. The Hall–Kier alpha value is -4.74. The number of rotatable bonds is 17. The smallest absolute Gasteiger partial charge is 0.326 e. The molecule has 18 heteroatoms. The molecule has 42 heavy (non-hydrogen) atoms. The number of likely N-dealkylation sites (tertiary alicyclic amines) is 1. The summed E-state index contributed by atoms with van der Waals surface area (Å²) in [5.41, 5.74) is 16.3. The number of hydrogen-bond donors (Lipinski definition) is 9. The fourth-order valence-corrected chi connectivity index (χ4v) is 4.41. The molecule has 18 nitrogen and oxygen atoms in total. The van der Waals surface area contributed by atoms with E-state index in [-0.39, 0.29) is 51.2 Å². The predicted octanol–water partition coefficient (Wildman–Crippen LogP) is -3.64. The SMILES string of the molecule is NCC(=O)N[C@@H](CCC(=O)O)C(=O)N[C@@H](Cc1cnc[nH]1)C(=O)N1CCC[C@H]1C(=O)N[C@@H](CCCN=C(N)N)C(=O)O. The average Bonchev–Trinajstić information content (AvgIpc) is 3.63. The number of aromatic nitrogens is 2. The molecule has 1 aliphatic heterocycles. The Morgan fingerprint density at radius 3 is 2.40 bits per heavy atom. The average molecular weight is 595 g/mol. The molecule has 0 radical (unpaired) electrons. The minimum Gasteiger partial charge on any atom is -0.481 e. The van der Waals surface area contributed by atoms with Gasteiger partial charge in [-0.15, -0.1) is 0 Å². The lowest BCUT2D eigenvalue weighted by atomic mass is 10.1. The maximum Gasteiger partial charge on any atom is 0.326 e. The summed E-state index contributed by atoms with van der Waals surface area (Å²) in [4.78, 5) is 86.5. The van der Waals surface area contributed by atoms with Gasteiger partial charge >= 0.3 is 11.9 Å². The van der Waals surface area contributed by atoms with Gasteiger partial charge in [-0.1, -0.05) is 0 Å². The maximum atomic E-state index is 13.7. The van der Waals surface area contributed by atoms with E-state index in [0.717, 1.165) is 0 Å². The van der Waals surface area contributed by atoms with Gasteiger partial charge in [-0.05, 0) is 32.1 Å². The highest BCUT2D eigenvalue weighted by Gasteiger charge is 2.39. The molecule has 0 aromatic carbocycles. The van der Waals surface area contributed by atoms with Crippen molar-refractivity contribution in [2.45, 2.75) is 69.1 Å². The van der Waals surface area contributed by atoms with Gasteiger partial charge in [-0.2, -0.15) is 0 Å². The summed E-state index contributed by atoms with van der Waals surface area (Å²) in [5.74, 6) is -5.41. The number of nitrogens with zero attached hydrogens (tertiary/aromatic N) is 3. The number of amides is 4. The molecule has 2 heterocycles. The number of hydrogen-bond acceptors (Lipinski definition) is 9. The zero-order valence-electron chi connectivity index (χ0n) is 23.0. The fourth-order valence-electron chi connectivity index (χ4n) is 4.41. The Bertz CT molecular complexity index is 1140. The van der Waals surface area contributed by atoms with Crippen LogP contribution in [0.15, 0.2) is 17.5 Å². The molecule has 0 unspecified atom stereocenters. The number of aliphatic imine (C=N–C) groups is 1. The van der Waals surface area contributed by atoms with E-state index in [4.69, 9.17) is 22.3 Å². The molecule has 0 saturated carbocycles. The van der Waals surface area contributed by atoms with Gasteiger partial charge in [0.1, 0.15) is 24.2 Å². The number of guanidine groups is 1. The second-order valence-electron chi connectivity index (χ2n) is 9.64. The van der Waals surface area contributed by atoms with E-state index in [1.807, 2.05) is 0 Å². The highest BCUT2D eigenvalue weighted by Crippen LogP contribution is 2.20. The summed E-state index contributed by atoms with van der Waals surface area (Å²) in [6.45, 7) is -0.103. The topological polar surface area (TPSA) is 301 Å². The van der Waals surface area contributed by atoms with Crippen LogP contribution < -0.4 is 33.2 Å². The Morgan fingerprint density at radius 1 is 1.07 bits per heavy atom. The fraction of sp³-hybridized carbons (Fsp3) is 0.583. The highest BCUT2D eigenvalue weighted by atomic mass is 16.4. The van der Waals surface area contributed by atoms with Crippen molar-refractivity contribution in [3.8, 4) is 0 Å². The largest absolute Gasteiger partial charge is 0.481 e. The molecule has 4 amide bonds. The molecular formula is C24H38N10O8. The molecule has 1 saturated heterocycles. The third-order valence-corrected chi connectivity index (χ3v) is 6.48. The van der Waals surface area contributed by atoms with E-state index in [1.54, 1.807) is 0 Å². The maximum absolute atomic E-state index is 13.7. The molecule has 0 spiro atoms. The van der Waals surface area contributed by atoms with Crippen LogP contribution >= 0.6 is 0 Å². The van der Waals surface area contributed by atoms with E-state index in [1.165, 1.54) is 17.4 Å². The summed E-state index contributed by atoms with van der Waals surface area (Å²) in [5, 5.41) is 26.0. The molecule has 0 aliphatic carbocycles. The van der Waals surface area contributed by atoms with Crippen LogP contribution in [0.3, 0.4) is 0 Å². The van der Waals surface area contributed by atoms with Crippen LogP contribution in [0.5, 0.6) is 0 Å². The highest BCUT2D eigenvalue weighted by molar-refractivity contribution is 5.95. The molecular weight excluding hydrogens is 556 g/mol. The number of carbonyl (C=O) groups excluding carboxylic acids is 4. The Labute approximate surface area is 240 Å². The van der Waals surface area contributed by atoms with Gasteiger partial charge in [0.15, 0.2) is 5.96 Å². The van der Waals surface area contributed by atoms with E-state index in [0.29, 0.717) is 12.1 Å². The zero-order valence-corrected chi connectivity index (χ0v) is 23.0. The number of carboxylic acids is 2. The lowest BCUT2D eigenvalue weighted by molar-refractivity contribution is -0.145. The first kappa shape index (κ1) is 33.5. The summed E-state index contributed by atoms with van der Waals surface area (Å²) in [6.07, 6.45) is 3.10. The molecule has 232 valence electrons.